The molecule has 180 valence electrons. The lowest BCUT2D eigenvalue weighted by molar-refractivity contribution is -0.149. The zero-order valence-corrected chi connectivity index (χ0v) is 20.4. The maximum Gasteiger partial charge on any atom is 0.192 e. The summed E-state index contributed by atoms with van der Waals surface area (Å²) in [6.45, 7) is 9.85. The molecule has 2 aromatic carbocycles. The SMILES string of the molecule is CC(C)c1cc(F)cc(C(C)C)c1CC(=O)CS(=O)(=O)c1cc(C2(C)OCCO2)ccc1F. The van der Waals surface area contributed by atoms with E-state index in [9.17, 15) is 22.0 Å². The Kier molecular flexibility index (Phi) is 7.41. The predicted octanol–water partition coefficient (Wildman–Crippen LogP) is 5.02. The number of benzene rings is 2. The van der Waals surface area contributed by atoms with E-state index in [1.165, 1.54) is 24.3 Å². The minimum atomic E-state index is -4.27. The third kappa shape index (κ3) is 5.50. The van der Waals surface area contributed by atoms with Crippen molar-refractivity contribution in [1.82, 2.24) is 0 Å². The molecule has 0 radical (unpaired) electrons. The number of halogens is 2. The van der Waals surface area contributed by atoms with Crippen LogP contribution in [-0.4, -0.2) is 33.2 Å². The van der Waals surface area contributed by atoms with Crippen LogP contribution >= 0.6 is 0 Å². The molecule has 0 amide bonds. The normalized spacial score (nSPS) is 16.0. The summed E-state index contributed by atoms with van der Waals surface area (Å²) in [7, 11) is -4.27. The largest absolute Gasteiger partial charge is 0.344 e. The number of hydrogen-bond donors (Lipinski definition) is 0. The Bertz CT molecular complexity index is 1120. The molecular formula is C25H30F2O5S. The summed E-state index contributed by atoms with van der Waals surface area (Å²) in [4.78, 5) is 12.3. The molecule has 8 heteroatoms. The molecule has 1 heterocycles. The van der Waals surface area contributed by atoms with Crippen LogP contribution in [0.15, 0.2) is 35.2 Å². The van der Waals surface area contributed by atoms with E-state index in [-0.39, 0.29) is 18.3 Å². The molecule has 5 nitrogen and oxygen atoms in total. The third-order valence-corrected chi connectivity index (χ3v) is 7.57. The average Bonchev–Trinajstić information content (AvgIpc) is 3.16. The minimum absolute atomic E-state index is 0.0566. The maximum atomic E-state index is 14.5. The number of carbonyl (C=O) groups excluding carboxylic acids is 1. The molecule has 0 spiro atoms. The van der Waals surface area contributed by atoms with Gasteiger partial charge >= 0.3 is 0 Å². The van der Waals surface area contributed by atoms with Gasteiger partial charge in [0.15, 0.2) is 21.4 Å². The highest BCUT2D eigenvalue weighted by Gasteiger charge is 2.35. The fourth-order valence-electron chi connectivity index (χ4n) is 4.16. The molecule has 1 saturated heterocycles. The Balaban J connectivity index is 1.92. The van der Waals surface area contributed by atoms with E-state index in [1.54, 1.807) is 6.92 Å². The number of Topliss-reactive ketones (excluding diaryl/α,β-unsaturated/α-hetero) is 1. The van der Waals surface area contributed by atoms with Gasteiger partial charge in [-0.3, -0.25) is 4.79 Å². The Labute approximate surface area is 194 Å². The van der Waals surface area contributed by atoms with E-state index < -0.39 is 43.7 Å². The lowest BCUT2D eigenvalue weighted by atomic mass is 9.86. The van der Waals surface area contributed by atoms with Gasteiger partial charge in [-0.15, -0.1) is 0 Å². The number of hydrogen-bond acceptors (Lipinski definition) is 5. The van der Waals surface area contributed by atoms with Crippen LogP contribution in [0.25, 0.3) is 0 Å². The molecule has 0 saturated carbocycles. The lowest BCUT2D eigenvalue weighted by Crippen LogP contribution is -2.24. The molecule has 33 heavy (non-hydrogen) atoms. The molecule has 1 aliphatic heterocycles. The van der Waals surface area contributed by atoms with Crippen molar-refractivity contribution in [1.29, 1.82) is 0 Å². The first-order valence-electron chi connectivity index (χ1n) is 11.0. The fourth-order valence-corrected chi connectivity index (χ4v) is 5.51. The third-order valence-electron chi connectivity index (χ3n) is 5.88. The number of sulfone groups is 1. The van der Waals surface area contributed by atoms with Crippen molar-refractivity contribution in [2.75, 3.05) is 19.0 Å². The quantitative estimate of drug-likeness (QED) is 0.531. The van der Waals surface area contributed by atoms with Crippen LogP contribution in [-0.2, 0) is 36.3 Å². The minimum Gasteiger partial charge on any atom is -0.344 e. The first-order chi connectivity index (χ1) is 15.3. The molecule has 1 aliphatic rings. The molecule has 0 bridgehead atoms. The molecule has 0 atom stereocenters. The van der Waals surface area contributed by atoms with Crippen molar-refractivity contribution in [3.63, 3.8) is 0 Å². The molecular weight excluding hydrogens is 450 g/mol. The van der Waals surface area contributed by atoms with Gasteiger partial charge in [0.2, 0.25) is 0 Å². The molecule has 0 aliphatic carbocycles. The summed E-state index contributed by atoms with van der Waals surface area (Å²) in [6.07, 6.45) is -0.175. The highest BCUT2D eigenvalue weighted by Crippen LogP contribution is 2.33. The highest BCUT2D eigenvalue weighted by atomic mass is 32.2. The Morgan fingerprint density at radius 1 is 1.00 bits per heavy atom. The fraction of sp³-hybridized carbons (Fsp3) is 0.480. The van der Waals surface area contributed by atoms with E-state index in [0.29, 0.717) is 35.5 Å². The molecule has 1 fully saturated rings. The average molecular weight is 481 g/mol. The van der Waals surface area contributed by atoms with Crippen molar-refractivity contribution in [2.45, 2.75) is 63.6 Å². The maximum absolute atomic E-state index is 14.5. The second-order valence-electron chi connectivity index (χ2n) is 9.13. The summed E-state index contributed by atoms with van der Waals surface area (Å²) in [5.41, 5.74) is 2.33. The summed E-state index contributed by atoms with van der Waals surface area (Å²) >= 11 is 0. The Morgan fingerprint density at radius 2 is 1.55 bits per heavy atom. The van der Waals surface area contributed by atoms with Gasteiger partial charge in [0.25, 0.3) is 0 Å². The Hall–Kier alpha value is -2.16. The van der Waals surface area contributed by atoms with Gasteiger partial charge in [0, 0.05) is 12.0 Å². The molecule has 0 N–H and O–H groups in total. The Morgan fingerprint density at radius 3 is 2.06 bits per heavy atom. The molecule has 2 aromatic rings. The van der Waals surface area contributed by atoms with Gasteiger partial charge in [-0.25, -0.2) is 17.2 Å². The van der Waals surface area contributed by atoms with Crippen molar-refractivity contribution in [2.24, 2.45) is 0 Å². The number of rotatable bonds is 8. The van der Waals surface area contributed by atoms with Crippen LogP contribution in [0.5, 0.6) is 0 Å². The summed E-state index contributed by atoms with van der Waals surface area (Å²) in [6, 6.07) is 6.39. The van der Waals surface area contributed by atoms with Gasteiger partial charge in [0.05, 0.1) is 13.2 Å². The van der Waals surface area contributed by atoms with Gasteiger partial charge in [0.1, 0.15) is 22.3 Å². The van der Waals surface area contributed by atoms with Crippen LogP contribution in [0, 0.1) is 11.6 Å². The zero-order valence-electron chi connectivity index (χ0n) is 19.6. The topological polar surface area (TPSA) is 69.7 Å². The van der Waals surface area contributed by atoms with E-state index in [4.69, 9.17) is 9.47 Å². The predicted molar refractivity (Wildman–Crippen MR) is 121 cm³/mol. The van der Waals surface area contributed by atoms with Crippen LogP contribution < -0.4 is 0 Å². The number of ketones is 1. The molecule has 0 unspecified atom stereocenters. The van der Waals surface area contributed by atoms with Gasteiger partial charge < -0.3 is 9.47 Å². The van der Waals surface area contributed by atoms with Crippen LogP contribution in [0.4, 0.5) is 8.78 Å². The first kappa shape index (κ1) is 25.5. The lowest BCUT2D eigenvalue weighted by Gasteiger charge is -2.23. The summed E-state index contributed by atoms with van der Waals surface area (Å²) in [5.74, 6) is -4.07. The van der Waals surface area contributed by atoms with Crippen LogP contribution in [0.1, 0.15) is 68.7 Å². The van der Waals surface area contributed by atoms with E-state index >= 15 is 0 Å². The van der Waals surface area contributed by atoms with Crippen LogP contribution in [0.3, 0.4) is 0 Å². The van der Waals surface area contributed by atoms with Gasteiger partial charge in [-0.05, 0) is 59.7 Å². The van der Waals surface area contributed by atoms with Gasteiger partial charge in [-0.1, -0.05) is 33.8 Å². The number of ether oxygens (including phenoxy) is 2. The van der Waals surface area contributed by atoms with E-state index in [0.717, 1.165) is 6.07 Å². The number of carbonyl (C=O) groups is 1. The monoisotopic (exact) mass is 480 g/mol. The standard InChI is InChI=1S/C25H30F2O5S/c1-15(2)20-11-18(26)12-21(16(3)4)22(20)13-19(28)14-33(29,30)24-10-17(6-7-23(24)27)25(5)31-8-9-32-25/h6-7,10-12,15-16H,8-9,13-14H2,1-5H3. The van der Waals surface area contributed by atoms with E-state index in [2.05, 4.69) is 0 Å². The summed E-state index contributed by atoms with van der Waals surface area (Å²) < 4.78 is 65.8. The highest BCUT2D eigenvalue weighted by molar-refractivity contribution is 7.92. The van der Waals surface area contributed by atoms with Crippen molar-refractivity contribution in [3.8, 4) is 0 Å². The van der Waals surface area contributed by atoms with Crippen molar-refractivity contribution >= 4 is 15.6 Å². The van der Waals surface area contributed by atoms with Gasteiger partial charge in [-0.2, -0.15) is 0 Å². The van der Waals surface area contributed by atoms with Crippen LogP contribution in [0.2, 0.25) is 0 Å². The van der Waals surface area contributed by atoms with Crippen molar-refractivity contribution in [3.05, 3.63) is 64.2 Å². The first-order valence-corrected chi connectivity index (χ1v) is 12.6. The second-order valence-corrected chi connectivity index (χ2v) is 11.1. The molecule has 0 aromatic heterocycles. The zero-order chi connectivity index (χ0) is 24.6. The summed E-state index contributed by atoms with van der Waals surface area (Å²) in [5, 5.41) is 0. The second kappa shape index (κ2) is 9.60. The molecule has 3 rings (SSSR count). The van der Waals surface area contributed by atoms with E-state index in [1.807, 2.05) is 27.7 Å². The smallest absolute Gasteiger partial charge is 0.192 e. The van der Waals surface area contributed by atoms with Crippen molar-refractivity contribution < 1.29 is 31.5 Å².